The van der Waals surface area contributed by atoms with Gasteiger partial charge in [-0.3, -0.25) is 0 Å². The Morgan fingerprint density at radius 2 is 1.06 bits per heavy atom. The molecular weight excluding hydrogens is 828 g/mol. The van der Waals surface area contributed by atoms with Gasteiger partial charge in [0.1, 0.15) is 52.0 Å². The fourth-order valence-electron chi connectivity index (χ4n) is 8.69. The van der Waals surface area contributed by atoms with Gasteiger partial charge in [0, 0.05) is 47.7 Å². The summed E-state index contributed by atoms with van der Waals surface area (Å²) in [5, 5.41) is 24.7. The average Bonchev–Trinajstić information content (AvgIpc) is 4.14. The molecule has 10 rings (SSSR count). The Bertz CT molecular complexity index is 3200. The highest BCUT2D eigenvalue weighted by atomic mass is 16.6. The molecule has 0 aliphatic carbocycles. The van der Waals surface area contributed by atoms with E-state index in [0.717, 1.165) is 37.2 Å². The van der Waals surface area contributed by atoms with E-state index in [1.807, 2.05) is 113 Å². The summed E-state index contributed by atoms with van der Waals surface area (Å²) in [7, 11) is -2.30. The molecule has 0 radical (unpaired) electrons. The Hall–Kier alpha value is -8.33. The van der Waals surface area contributed by atoms with Crippen LogP contribution in [-0.4, -0.2) is 74.5 Å². The van der Waals surface area contributed by atoms with Gasteiger partial charge in [-0.05, 0) is 98.2 Å². The number of rotatable bonds is 13. The fraction of sp³-hybridized carbons (Fsp3) is 0.160. The van der Waals surface area contributed by atoms with E-state index < -0.39 is 14.5 Å². The summed E-state index contributed by atoms with van der Waals surface area (Å²) in [4.78, 5) is 20.9. The topological polar surface area (TPSA) is 158 Å². The molecule has 8 aromatic rings. The second-order valence-corrected chi connectivity index (χ2v) is 15.5. The summed E-state index contributed by atoms with van der Waals surface area (Å²) < 4.78 is 36.8. The zero-order valence-electron chi connectivity index (χ0n) is 36.5. The number of nitrogens with zero attached hydrogens (tertiary/aromatic N) is 9. The highest BCUT2D eigenvalue weighted by Crippen LogP contribution is 2.41. The lowest BCUT2D eigenvalue weighted by molar-refractivity contribution is 0.249. The molecular formula is C50H41B2N9O5. The zero-order valence-corrected chi connectivity index (χ0v) is 36.5. The van der Waals surface area contributed by atoms with Gasteiger partial charge in [0.05, 0.1) is 28.7 Å². The number of aryl methyl sites for hydroxylation is 1. The predicted octanol–water partition coefficient (Wildman–Crippen LogP) is 6.83. The molecule has 2 aliphatic heterocycles. The first kappa shape index (κ1) is 41.7. The van der Waals surface area contributed by atoms with Crippen LogP contribution in [-0.2, 0) is 0 Å². The number of aromatic nitrogens is 6. The van der Waals surface area contributed by atoms with E-state index in [0.29, 0.717) is 73.8 Å². The molecule has 0 spiro atoms. The number of ether oxygens (including phenoxy) is 1. The molecule has 66 heavy (non-hydrogen) atoms. The Morgan fingerprint density at radius 3 is 1.53 bits per heavy atom. The third-order valence-electron chi connectivity index (χ3n) is 11.8. The molecule has 0 N–H and O–H groups in total. The molecule has 0 amide bonds. The Morgan fingerprint density at radius 1 is 0.606 bits per heavy atom. The lowest BCUT2D eigenvalue weighted by Crippen LogP contribution is -2.44. The largest absolute Gasteiger partial charge is 0.743 e. The van der Waals surface area contributed by atoms with Crippen molar-refractivity contribution in [1.29, 1.82) is 10.5 Å². The maximum atomic E-state index is 11.5. The van der Waals surface area contributed by atoms with E-state index >= 15 is 0 Å². The van der Waals surface area contributed by atoms with Gasteiger partial charge in [0.2, 0.25) is 0 Å². The van der Waals surface area contributed by atoms with Gasteiger partial charge in [-0.1, -0.05) is 62.4 Å². The van der Waals surface area contributed by atoms with Gasteiger partial charge in [-0.2, -0.15) is 10.5 Å². The Balaban J connectivity index is 1.38. The van der Waals surface area contributed by atoms with E-state index in [4.69, 9.17) is 23.4 Å². The Labute approximate surface area is 381 Å². The summed E-state index contributed by atoms with van der Waals surface area (Å²) in [6.07, 6.45) is 7.23. The molecule has 16 heteroatoms. The van der Waals surface area contributed by atoms with Crippen molar-refractivity contribution in [2.75, 3.05) is 26.2 Å². The summed E-state index contributed by atoms with van der Waals surface area (Å²) >= 11 is 0. The zero-order chi connectivity index (χ0) is 45.1. The minimum absolute atomic E-state index is 0.118. The lowest BCUT2D eigenvalue weighted by Gasteiger charge is -2.18. The van der Waals surface area contributed by atoms with Gasteiger partial charge in [-0.25, -0.2) is 19.9 Å². The summed E-state index contributed by atoms with van der Waals surface area (Å²) in [5.74, 6) is 3.07. The van der Waals surface area contributed by atoms with Crippen LogP contribution in [0.25, 0.3) is 44.4 Å². The van der Waals surface area contributed by atoms with Crippen LogP contribution in [0.2, 0.25) is 0 Å². The molecule has 0 saturated carbocycles. The number of benzene rings is 4. The van der Waals surface area contributed by atoms with Gasteiger partial charge >= 0.3 is 14.5 Å². The first-order valence-corrected chi connectivity index (χ1v) is 21.8. The molecule has 2 aliphatic rings. The third kappa shape index (κ3) is 7.43. The number of hydrogen-bond donors (Lipinski definition) is 0. The molecule has 0 saturated heterocycles. The quantitative estimate of drug-likeness (QED) is 0.0880. The van der Waals surface area contributed by atoms with E-state index in [-0.39, 0.29) is 22.8 Å². The van der Waals surface area contributed by atoms with Crippen LogP contribution in [0.15, 0.2) is 134 Å². The second kappa shape index (κ2) is 18.0. The predicted molar refractivity (Wildman–Crippen MR) is 251 cm³/mol. The summed E-state index contributed by atoms with van der Waals surface area (Å²) in [5.41, 5.74) is 3.70. The highest BCUT2D eigenvalue weighted by molar-refractivity contribution is 6.49. The monoisotopic (exact) mass is 869 g/mol. The number of nitriles is 2. The average molecular weight is 870 g/mol. The Kier molecular flexibility index (Phi) is 11.4. The van der Waals surface area contributed by atoms with E-state index in [2.05, 4.69) is 50.8 Å². The van der Waals surface area contributed by atoms with Crippen molar-refractivity contribution >= 4 is 36.4 Å². The van der Waals surface area contributed by atoms with Crippen molar-refractivity contribution in [2.24, 2.45) is 0 Å². The van der Waals surface area contributed by atoms with Crippen LogP contribution in [0.1, 0.15) is 37.5 Å². The molecule has 322 valence electrons. The van der Waals surface area contributed by atoms with Gasteiger partial charge in [-0.15, -0.1) is 0 Å². The van der Waals surface area contributed by atoms with Crippen molar-refractivity contribution in [3.05, 3.63) is 162 Å². The van der Waals surface area contributed by atoms with Crippen molar-refractivity contribution < 1.29 is 23.4 Å². The standard InChI is InChI=1S/C50H41B2N9O5/c1-4-59(5-2)29-14-30-62-35-23-21-34(22-24-35)45-43-44(48(38(32-54)50-57-27-13-28-58-50)60(45)51-63-39-17-8-9-18-40(39)64-51)46(36-16-7-6-15-33(36)3)61(52-65-41-19-10-11-20-42(41)66-52)47(43)37(31-53)49-55-25-12-26-56-49/h6-13,15-28H,4-5,14,29-30H2,1-3H3/b47-37-,48-38-. The molecule has 0 bridgehead atoms. The molecule has 6 heterocycles. The first-order valence-electron chi connectivity index (χ1n) is 21.8. The van der Waals surface area contributed by atoms with Crippen LogP contribution in [0.5, 0.6) is 28.7 Å². The van der Waals surface area contributed by atoms with E-state index in [1.165, 1.54) is 0 Å². The van der Waals surface area contributed by atoms with Crippen LogP contribution in [0, 0.1) is 29.6 Å². The number of hydrogen-bond acceptors (Lipinski definition) is 12. The van der Waals surface area contributed by atoms with Gasteiger partial charge in [0.15, 0.2) is 11.6 Å². The summed E-state index contributed by atoms with van der Waals surface area (Å²) in [6, 6.07) is 38.8. The maximum Gasteiger partial charge on any atom is 0.743 e. The number of fused-ring (bicyclic) bond motifs is 3. The molecule has 0 unspecified atom stereocenters. The third-order valence-corrected chi connectivity index (χ3v) is 11.8. The smallest absolute Gasteiger partial charge is 0.503 e. The van der Waals surface area contributed by atoms with Crippen molar-refractivity contribution in [3.63, 3.8) is 0 Å². The van der Waals surface area contributed by atoms with E-state index in [9.17, 15) is 10.5 Å². The van der Waals surface area contributed by atoms with Crippen LogP contribution in [0.3, 0.4) is 0 Å². The lowest BCUT2D eigenvalue weighted by atomic mass is 9.99. The van der Waals surface area contributed by atoms with Crippen LogP contribution < -0.4 is 34.1 Å². The van der Waals surface area contributed by atoms with E-state index in [1.54, 1.807) is 36.9 Å². The van der Waals surface area contributed by atoms with Gasteiger partial charge in [0.25, 0.3) is 0 Å². The fourth-order valence-corrected chi connectivity index (χ4v) is 8.69. The minimum Gasteiger partial charge on any atom is -0.503 e. The molecule has 4 aromatic carbocycles. The molecule has 14 nitrogen and oxygen atoms in total. The normalized spacial score (nSPS) is 13.5. The second-order valence-electron chi connectivity index (χ2n) is 15.5. The van der Waals surface area contributed by atoms with Crippen LogP contribution >= 0.6 is 0 Å². The molecule has 0 atom stereocenters. The molecule has 0 fully saturated rings. The SMILES string of the molecule is CCN(CC)CCCOc1ccc(-c2c3/c(=C(\C#N)c4ncccn4)n(B4Oc5ccccc5O4)c(-c4ccccc4C)c3/c(=C(\C#N)c3ncccn3)n2B2Oc3ccccc3O2)cc1. The highest BCUT2D eigenvalue weighted by Gasteiger charge is 2.45. The summed E-state index contributed by atoms with van der Waals surface area (Å²) in [6.45, 7) is 9.74. The molecule has 4 aromatic heterocycles. The minimum atomic E-state index is -1.16. The maximum absolute atomic E-state index is 11.5. The van der Waals surface area contributed by atoms with Gasteiger partial charge < -0.3 is 37.2 Å². The van der Waals surface area contributed by atoms with Crippen molar-refractivity contribution in [1.82, 2.24) is 33.8 Å². The van der Waals surface area contributed by atoms with Crippen molar-refractivity contribution in [3.8, 4) is 63.4 Å². The van der Waals surface area contributed by atoms with Crippen LogP contribution in [0.4, 0.5) is 0 Å². The number of para-hydroxylation sites is 4. The van der Waals surface area contributed by atoms with Crippen molar-refractivity contribution in [2.45, 2.75) is 27.2 Å². The first-order chi connectivity index (χ1) is 32.5.